The van der Waals surface area contributed by atoms with Gasteiger partial charge in [-0.2, -0.15) is 0 Å². The molecule has 2 aromatic carbocycles. The van der Waals surface area contributed by atoms with Gasteiger partial charge in [0.2, 0.25) is 0 Å². The van der Waals surface area contributed by atoms with E-state index >= 15 is 0 Å². The topological polar surface area (TPSA) is 105 Å². The maximum absolute atomic E-state index is 12.3. The number of carbonyl (C=O) groups excluding carboxylic acids is 2. The number of rotatable bonds is 6. The van der Waals surface area contributed by atoms with Gasteiger partial charge < -0.3 is 20.5 Å². The third kappa shape index (κ3) is 4.71. The van der Waals surface area contributed by atoms with E-state index < -0.39 is 11.9 Å². The van der Waals surface area contributed by atoms with Crippen LogP contribution in [0.2, 0.25) is 0 Å². The maximum Gasteiger partial charge on any atom is 0.336 e. The van der Waals surface area contributed by atoms with E-state index in [1.165, 1.54) is 12.1 Å². The minimum atomic E-state index is -1.17. The highest BCUT2D eigenvalue weighted by atomic mass is 16.5. The summed E-state index contributed by atoms with van der Waals surface area (Å²) in [6.45, 7) is 1.21. The molecule has 0 bridgehead atoms. The summed E-state index contributed by atoms with van der Waals surface area (Å²) < 4.78 is 5.47. The van der Waals surface area contributed by atoms with Crippen molar-refractivity contribution in [2.45, 2.75) is 18.9 Å². The quantitative estimate of drug-likeness (QED) is 0.727. The normalized spacial score (nSPS) is 15.9. The molecule has 2 aromatic rings. The van der Waals surface area contributed by atoms with Crippen molar-refractivity contribution < 1.29 is 24.2 Å². The van der Waals surface area contributed by atoms with Crippen LogP contribution < -0.4 is 10.6 Å². The summed E-state index contributed by atoms with van der Waals surface area (Å²) >= 11 is 0. The fraction of sp³-hybridized carbons (Fsp3) is 0.250. The Labute approximate surface area is 156 Å². The van der Waals surface area contributed by atoms with Gasteiger partial charge in [0.05, 0.1) is 17.2 Å². The van der Waals surface area contributed by atoms with Crippen LogP contribution in [0, 0.1) is 0 Å². The summed E-state index contributed by atoms with van der Waals surface area (Å²) in [4.78, 5) is 35.7. The average Bonchev–Trinajstić information content (AvgIpc) is 3.20. The number of carbonyl (C=O) groups is 3. The van der Waals surface area contributed by atoms with Crippen LogP contribution in [0.5, 0.6) is 0 Å². The lowest BCUT2D eigenvalue weighted by atomic mass is 10.1. The molecule has 1 heterocycles. The smallest absolute Gasteiger partial charge is 0.336 e. The van der Waals surface area contributed by atoms with Crippen molar-refractivity contribution in [2.24, 2.45) is 0 Å². The van der Waals surface area contributed by atoms with Crippen LogP contribution >= 0.6 is 0 Å². The van der Waals surface area contributed by atoms with E-state index in [1.54, 1.807) is 36.4 Å². The van der Waals surface area contributed by atoms with E-state index in [0.29, 0.717) is 17.8 Å². The van der Waals surface area contributed by atoms with Gasteiger partial charge in [0.25, 0.3) is 11.8 Å². The summed E-state index contributed by atoms with van der Waals surface area (Å²) in [7, 11) is 0. The summed E-state index contributed by atoms with van der Waals surface area (Å²) in [5.74, 6) is -1.90. The molecule has 0 saturated carbocycles. The van der Waals surface area contributed by atoms with E-state index in [-0.39, 0.29) is 23.1 Å². The van der Waals surface area contributed by atoms with Crippen molar-refractivity contribution >= 4 is 23.5 Å². The fourth-order valence-electron chi connectivity index (χ4n) is 2.88. The number of nitrogens with one attached hydrogen (secondary N) is 2. The van der Waals surface area contributed by atoms with Gasteiger partial charge in [0.15, 0.2) is 0 Å². The highest BCUT2D eigenvalue weighted by Gasteiger charge is 2.17. The summed E-state index contributed by atoms with van der Waals surface area (Å²) in [6, 6.07) is 12.4. The molecule has 1 unspecified atom stereocenters. The monoisotopic (exact) mass is 368 g/mol. The molecule has 7 heteroatoms. The molecule has 3 rings (SSSR count). The van der Waals surface area contributed by atoms with Gasteiger partial charge in [0, 0.05) is 24.4 Å². The van der Waals surface area contributed by atoms with Crippen LogP contribution in [0.15, 0.2) is 48.5 Å². The Bertz CT molecular complexity index is 842. The number of carboxylic acid groups (broad SMARTS) is 1. The first-order chi connectivity index (χ1) is 13.0. The molecule has 3 N–H and O–H groups in total. The molecule has 27 heavy (non-hydrogen) atoms. The molecular weight excluding hydrogens is 348 g/mol. The Hall–Kier alpha value is -3.19. The maximum atomic E-state index is 12.3. The number of ether oxygens (including phenoxy) is 1. The number of aromatic carboxylic acids is 1. The Balaban J connectivity index is 1.61. The third-order valence-electron chi connectivity index (χ3n) is 4.32. The van der Waals surface area contributed by atoms with Gasteiger partial charge in [-0.25, -0.2) is 4.79 Å². The zero-order valence-corrected chi connectivity index (χ0v) is 14.6. The van der Waals surface area contributed by atoms with E-state index in [2.05, 4.69) is 10.6 Å². The molecule has 1 aliphatic rings. The van der Waals surface area contributed by atoms with Crippen LogP contribution in [0.3, 0.4) is 0 Å². The summed E-state index contributed by atoms with van der Waals surface area (Å²) in [5.41, 5.74) is 0.941. The van der Waals surface area contributed by atoms with Crippen LogP contribution in [0.1, 0.15) is 43.9 Å². The predicted molar refractivity (Wildman–Crippen MR) is 99.1 cm³/mol. The molecule has 1 atom stereocenters. The molecule has 0 spiro atoms. The largest absolute Gasteiger partial charge is 0.478 e. The Morgan fingerprint density at radius 3 is 2.33 bits per heavy atom. The number of hydrogen-bond donors (Lipinski definition) is 3. The molecule has 1 fully saturated rings. The number of carboxylic acids is 1. The summed E-state index contributed by atoms with van der Waals surface area (Å²) in [6.07, 6.45) is 2.03. The van der Waals surface area contributed by atoms with Gasteiger partial charge in [0.1, 0.15) is 0 Å². The zero-order valence-electron chi connectivity index (χ0n) is 14.6. The zero-order chi connectivity index (χ0) is 19.2. The third-order valence-corrected chi connectivity index (χ3v) is 4.32. The lowest BCUT2D eigenvalue weighted by molar-refractivity contribution is 0.0692. The lowest BCUT2D eigenvalue weighted by Crippen LogP contribution is -2.31. The molecule has 1 saturated heterocycles. The van der Waals surface area contributed by atoms with E-state index in [4.69, 9.17) is 4.74 Å². The molecule has 1 aliphatic heterocycles. The van der Waals surface area contributed by atoms with Crippen molar-refractivity contribution in [1.82, 2.24) is 5.32 Å². The second-order valence-electron chi connectivity index (χ2n) is 6.23. The van der Waals surface area contributed by atoms with Crippen molar-refractivity contribution in [2.75, 3.05) is 18.5 Å². The Kier molecular flexibility index (Phi) is 5.83. The van der Waals surface area contributed by atoms with E-state index in [1.807, 2.05) is 0 Å². The number of benzene rings is 2. The van der Waals surface area contributed by atoms with Gasteiger partial charge in [-0.05, 0) is 49.2 Å². The number of anilines is 1. The number of hydrogen-bond acceptors (Lipinski definition) is 4. The molecule has 2 amide bonds. The van der Waals surface area contributed by atoms with Crippen LogP contribution in [-0.2, 0) is 4.74 Å². The molecule has 0 aliphatic carbocycles. The van der Waals surface area contributed by atoms with Crippen molar-refractivity contribution in [1.29, 1.82) is 0 Å². The summed E-state index contributed by atoms with van der Waals surface area (Å²) in [5, 5.41) is 14.6. The highest BCUT2D eigenvalue weighted by Crippen LogP contribution is 2.15. The number of amides is 2. The Morgan fingerprint density at radius 2 is 1.70 bits per heavy atom. The van der Waals surface area contributed by atoms with Crippen LogP contribution in [0.4, 0.5) is 5.69 Å². The molecule has 0 radical (unpaired) electrons. The molecule has 0 aromatic heterocycles. The predicted octanol–water partition coefficient (Wildman–Crippen LogP) is 2.55. The SMILES string of the molecule is O=C(NCC1CCCO1)c1ccc(NC(=O)c2ccccc2C(=O)O)cc1. The fourth-order valence-corrected chi connectivity index (χ4v) is 2.88. The minimum absolute atomic E-state index is 0.0693. The first-order valence-electron chi connectivity index (χ1n) is 8.68. The standard InChI is InChI=1S/C20H20N2O5/c23-18(21-12-15-4-3-11-27-15)13-7-9-14(10-8-13)22-19(24)16-5-1-2-6-17(16)20(25)26/h1-2,5-10,15H,3-4,11-12H2,(H,21,23)(H,22,24)(H,25,26). The van der Waals surface area contributed by atoms with Crippen LogP contribution in [0.25, 0.3) is 0 Å². The first-order valence-corrected chi connectivity index (χ1v) is 8.68. The minimum Gasteiger partial charge on any atom is -0.478 e. The highest BCUT2D eigenvalue weighted by molar-refractivity contribution is 6.10. The van der Waals surface area contributed by atoms with Gasteiger partial charge >= 0.3 is 5.97 Å². The second kappa shape index (κ2) is 8.46. The first kappa shape index (κ1) is 18.6. The second-order valence-corrected chi connectivity index (χ2v) is 6.23. The lowest BCUT2D eigenvalue weighted by Gasteiger charge is -2.11. The Morgan fingerprint density at radius 1 is 1.00 bits per heavy atom. The van der Waals surface area contributed by atoms with Gasteiger partial charge in [-0.15, -0.1) is 0 Å². The van der Waals surface area contributed by atoms with Gasteiger partial charge in [-0.3, -0.25) is 9.59 Å². The van der Waals surface area contributed by atoms with E-state index in [0.717, 1.165) is 19.4 Å². The average molecular weight is 368 g/mol. The molecule has 7 nitrogen and oxygen atoms in total. The van der Waals surface area contributed by atoms with Crippen LogP contribution in [-0.4, -0.2) is 42.1 Å². The van der Waals surface area contributed by atoms with Crippen molar-refractivity contribution in [3.8, 4) is 0 Å². The van der Waals surface area contributed by atoms with E-state index in [9.17, 15) is 19.5 Å². The van der Waals surface area contributed by atoms with Crippen molar-refractivity contribution in [3.05, 3.63) is 65.2 Å². The molecule has 140 valence electrons. The molecular formula is C20H20N2O5. The van der Waals surface area contributed by atoms with Crippen molar-refractivity contribution in [3.63, 3.8) is 0 Å². The van der Waals surface area contributed by atoms with Gasteiger partial charge in [-0.1, -0.05) is 12.1 Å².